The molecule has 1 aliphatic heterocycles. The summed E-state index contributed by atoms with van der Waals surface area (Å²) in [4.78, 5) is 14.6. The van der Waals surface area contributed by atoms with Gasteiger partial charge in [0.25, 0.3) is 5.91 Å². The van der Waals surface area contributed by atoms with Gasteiger partial charge in [-0.1, -0.05) is 42.2 Å². The molecule has 1 aliphatic rings. The SMILES string of the molecule is COc1ccc(-c2nn(-c3ccccc3)cc2C=C2SC(=S)N(C)C2=O)c(C)c1. The molecule has 1 aromatic heterocycles. The fraction of sp³-hybridized carbons (Fsp3) is 0.136. The van der Waals surface area contributed by atoms with Gasteiger partial charge in [0, 0.05) is 24.4 Å². The Morgan fingerprint density at radius 3 is 2.55 bits per heavy atom. The van der Waals surface area contributed by atoms with Gasteiger partial charge in [-0.25, -0.2) is 4.68 Å². The van der Waals surface area contributed by atoms with E-state index in [0.29, 0.717) is 9.23 Å². The number of thiocarbonyl (C=S) groups is 1. The van der Waals surface area contributed by atoms with Crippen LogP contribution in [0.5, 0.6) is 5.75 Å². The summed E-state index contributed by atoms with van der Waals surface area (Å²) >= 11 is 6.57. The highest BCUT2D eigenvalue weighted by atomic mass is 32.2. The van der Waals surface area contributed by atoms with Crippen molar-refractivity contribution < 1.29 is 9.53 Å². The van der Waals surface area contributed by atoms with Crippen LogP contribution in [0.2, 0.25) is 0 Å². The zero-order valence-corrected chi connectivity index (χ0v) is 17.9. The van der Waals surface area contributed by atoms with Gasteiger partial charge in [0.05, 0.1) is 17.7 Å². The Labute approximate surface area is 179 Å². The average molecular weight is 422 g/mol. The molecule has 2 aromatic carbocycles. The van der Waals surface area contributed by atoms with Gasteiger partial charge in [0.15, 0.2) is 0 Å². The van der Waals surface area contributed by atoms with Crippen LogP contribution in [0.4, 0.5) is 0 Å². The molecule has 0 unspecified atom stereocenters. The Kier molecular flexibility index (Phi) is 5.25. The van der Waals surface area contributed by atoms with E-state index in [1.165, 1.54) is 16.7 Å². The highest BCUT2D eigenvalue weighted by Crippen LogP contribution is 2.35. The van der Waals surface area contributed by atoms with E-state index >= 15 is 0 Å². The molecule has 1 fully saturated rings. The maximum Gasteiger partial charge on any atom is 0.265 e. The highest BCUT2D eigenvalue weighted by molar-refractivity contribution is 8.26. The van der Waals surface area contributed by atoms with Gasteiger partial charge in [0.2, 0.25) is 0 Å². The van der Waals surface area contributed by atoms with E-state index in [1.807, 2.05) is 72.4 Å². The molecule has 3 aromatic rings. The number of hydrogen-bond donors (Lipinski definition) is 0. The predicted molar refractivity (Wildman–Crippen MR) is 121 cm³/mol. The summed E-state index contributed by atoms with van der Waals surface area (Å²) in [6.45, 7) is 2.02. The molecule has 1 amide bonds. The van der Waals surface area contributed by atoms with Crippen molar-refractivity contribution in [3.05, 3.63) is 70.8 Å². The Bertz CT molecular complexity index is 1140. The summed E-state index contributed by atoms with van der Waals surface area (Å²) in [5.74, 6) is 0.701. The number of rotatable bonds is 4. The van der Waals surface area contributed by atoms with E-state index in [9.17, 15) is 4.79 Å². The van der Waals surface area contributed by atoms with Gasteiger partial charge in [-0.3, -0.25) is 9.69 Å². The molecule has 0 spiro atoms. The molecule has 146 valence electrons. The lowest BCUT2D eigenvalue weighted by atomic mass is 10.0. The first-order valence-electron chi connectivity index (χ1n) is 8.99. The van der Waals surface area contributed by atoms with Gasteiger partial charge < -0.3 is 4.74 Å². The zero-order chi connectivity index (χ0) is 20.5. The minimum Gasteiger partial charge on any atom is -0.497 e. The van der Waals surface area contributed by atoms with E-state index < -0.39 is 0 Å². The third-order valence-electron chi connectivity index (χ3n) is 4.73. The molecule has 0 aliphatic carbocycles. The molecule has 0 atom stereocenters. The predicted octanol–water partition coefficient (Wildman–Crippen LogP) is 4.69. The molecule has 0 N–H and O–H groups in total. The molecular weight excluding hydrogens is 402 g/mol. The second-order valence-electron chi connectivity index (χ2n) is 6.63. The number of carbonyl (C=O) groups excluding carboxylic acids is 1. The van der Waals surface area contributed by atoms with Crippen LogP contribution in [0, 0.1) is 6.92 Å². The Balaban J connectivity index is 1.87. The van der Waals surface area contributed by atoms with Gasteiger partial charge in [-0.05, 0) is 48.9 Å². The Hall–Kier alpha value is -2.90. The number of ether oxygens (including phenoxy) is 1. The molecule has 0 radical (unpaired) electrons. The fourth-order valence-corrected chi connectivity index (χ4v) is 4.30. The second kappa shape index (κ2) is 7.85. The molecule has 1 saturated heterocycles. The van der Waals surface area contributed by atoms with Crippen LogP contribution in [0.3, 0.4) is 0 Å². The van der Waals surface area contributed by atoms with Crippen molar-refractivity contribution in [2.45, 2.75) is 6.92 Å². The lowest BCUT2D eigenvalue weighted by molar-refractivity contribution is -0.121. The van der Waals surface area contributed by atoms with Crippen molar-refractivity contribution >= 4 is 40.3 Å². The lowest BCUT2D eigenvalue weighted by Crippen LogP contribution is -2.22. The van der Waals surface area contributed by atoms with Gasteiger partial charge in [-0.15, -0.1) is 0 Å². The van der Waals surface area contributed by atoms with Crippen LogP contribution < -0.4 is 4.74 Å². The quantitative estimate of drug-likeness (QED) is 0.452. The highest BCUT2D eigenvalue weighted by Gasteiger charge is 2.29. The number of carbonyl (C=O) groups is 1. The number of hydrogen-bond acceptors (Lipinski definition) is 5. The summed E-state index contributed by atoms with van der Waals surface area (Å²) in [7, 11) is 3.34. The van der Waals surface area contributed by atoms with Crippen LogP contribution in [-0.2, 0) is 4.79 Å². The summed E-state index contributed by atoms with van der Waals surface area (Å²) in [6.07, 6.45) is 3.81. The van der Waals surface area contributed by atoms with Crippen LogP contribution in [0.1, 0.15) is 11.1 Å². The minimum atomic E-state index is -0.0927. The normalized spacial score (nSPS) is 15.4. The third-order valence-corrected chi connectivity index (χ3v) is 6.21. The number of amides is 1. The topological polar surface area (TPSA) is 47.4 Å². The smallest absolute Gasteiger partial charge is 0.265 e. The zero-order valence-electron chi connectivity index (χ0n) is 16.2. The number of aryl methyl sites for hydroxylation is 1. The van der Waals surface area contributed by atoms with Crippen molar-refractivity contribution in [3.8, 4) is 22.7 Å². The molecule has 0 saturated carbocycles. The van der Waals surface area contributed by atoms with Crippen molar-refractivity contribution in [2.75, 3.05) is 14.2 Å². The van der Waals surface area contributed by atoms with Gasteiger partial charge >= 0.3 is 0 Å². The van der Waals surface area contributed by atoms with Crippen molar-refractivity contribution in [1.29, 1.82) is 0 Å². The number of aromatic nitrogens is 2. The standard InChI is InChI=1S/C22H19N3O2S2/c1-14-11-17(27-3)9-10-18(14)20-15(12-19-21(26)24(2)22(28)29-19)13-25(23-20)16-7-5-4-6-8-16/h4-13H,1-3H3. The number of methoxy groups -OCH3 is 1. The van der Waals surface area contributed by atoms with Crippen molar-refractivity contribution in [2.24, 2.45) is 0 Å². The van der Waals surface area contributed by atoms with E-state index in [-0.39, 0.29) is 5.91 Å². The molecule has 0 bridgehead atoms. The maximum atomic E-state index is 12.5. The Morgan fingerprint density at radius 2 is 1.93 bits per heavy atom. The molecule has 7 heteroatoms. The van der Waals surface area contributed by atoms with Gasteiger partial charge in [-0.2, -0.15) is 5.10 Å². The van der Waals surface area contributed by atoms with E-state index in [4.69, 9.17) is 22.1 Å². The largest absolute Gasteiger partial charge is 0.497 e. The fourth-order valence-electron chi connectivity index (χ4n) is 3.13. The second-order valence-corrected chi connectivity index (χ2v) is 8.31. The lowest BCUT2D eigenvalue weighted by Gasteiger charge is -2.07. The van der Waals surface area contributed by atoms with Crippen molar-refractivity contribution in [3.63, 3.8) is 0 Å². The van der Waals surface area contributed by atoms with E-state index in [2.05, 4.69) is 0 Å². The van der Waals surface area contributed by atoms with E-state index in [1.54, 1.807) is 14.2 Å². The number of thioether (sulfide) groups is 1. The van der Waals surface area contributed by atoms with Crippen LogP contribution >= 0.6 is 24.0 Å². The third kappa shape index (κ3) is 3.71. The first-order chi connectivity index (χ1) is 14.0. The summed E-state index contributed by atoms with van der Waals surface area (Å²) in [5, 5.41) is 4.84. The molecular formula is C22H19N3O2S2. The van der Waals surface area contributed by atoms with Crippen LogP contribution in [0.15, 0.2) is 59.6 Å². The number of benzene rings is 2. The first kappa shape index (κ1) is 19.4. The van der Waals surface area contributed by atoms with E-state index in [0.717, 1.165) is 33.8 Å². The summed E-state index contributed by atoms with van der Waals surface area (Å²) < 4.78 is 7.72. The monoisotopic (exact) mass is 421 g/mol. The number of likely N-dealkylation sites (N-methyl/N-ethyl adjacent to an activating group) is 1. The maximum absolute atomic E-state index is 12.5. The van der Waals surface area contributed by atoms with Crippen molar-refractivity contribution in [1.82, 2.24) is 14.7 Å². The van der Waals surface area contributed by atoms with Gasteiger partial charge in [0.1, 0.15) is 15.8 Å². The summed E-state index contributed by atoms with van der Waals surface area (Å²) in [6, 6.07) is 15.8. The molecule has 29 heavy (non-hydrogen) atoms. The summed E-state index contributed by atoms with van der Waals surface area (Å²) in [5.41, 5.74) is 4.63. The minimum absolute atomic E-state index is 0.0927. The molecule has 5 nitrogen and oxygen atoms in total. The first-order valence-corrected chi connectivity index (χ1v) is 10.2. The molecule has 2 heterocycles. The van der Waals surface area contributed by atoms with Crippen LogP contribution in [-0.4, -0.2) is 39.1 Å². The molecule has 4 rings (SSSR count). The number of nitrogens with zero attached hydrogens (tertiary/aromatic N) is 3. The van der Waals surface area contributed by atoms with Crippen LogP contribution in [0.25, 0.3) is 23.0 Å². The Morgan fingerprint density at radius 1 is 1.17 bits per heavy atom. The number of para-hydroxylation sites is 1. The average Bonchev–Trinajstić information content (AvgIpc) is 3.25.